The van der Waals surface area contributed by atoms with Gasteiger partial charge in [0.25, 0.3) is 0 Å². The van der Waals surface area contributed by atoms with Gasteiger partial charge in [0, 0.05) is 11.8 Å². The highest BCUT2D eigenvalue weighted by Gasteiger charge is 2.04. The molecule has 0 aromatic heterocycles. The number of phenolic OH excluding ortho intramolecular Hbond substituents is 1. The molecule has 0 aliphatic rings. The van der Waals surface area contributed by atoms with Gasteiger partial charge in [-0.2, -0.15) is 0 Å². The Morgan fingerprint density at radius 3 is 3.07 bits per heavy atom. The van der Waals surface area contributed by atoms with Gasteiger partial charge in [0.2, 0.25) is 0 Å². The van der Waals surface area contributed by atoms with Crippen LogP contribution in [0, 0.1) is 12.3 Å². The first kappa shape index (κ1) is 11.1. The molecule has 0 amide bonds. The second kappa shape index (κ2) is 5.71. The van der Waals surface area contributed by atoms with Crippen LogP contribution in [-0.4, -0.2) is 24.5 Å². The van der Waals surface area contributed by atoms with Crippen LogP contribution < -0.4 is 4.74 Å². The molecule has 0 heterocycles. The van der Waals surface area contributed by atoms with Crippen molar-refractivity contribution in [2.45, 2.75) is 6.92 Å². The van der Waals surface area contributed by atoms with Crippen LogP contribution in [0.3, 0.4) is 0 Å². The third kappa shape index (κ3) is 3.03. The number of phenols is 1. The number of para-hydroxylation sites is 1. The molecule has 0 saturated carbocycles. The highest BCUT2D eigenvalue weighted by Crippen LogP contribution is 2.28. The third-order valence-corrected chi connectivity index (χ3v) is 1.74. The molecule has 1 aromatic rings. The summed E-state index contributed by atoms with van der Waals surface area (Å²) in [5, 5.41) is 9.75. The first-order valence-corrected chi connectivity index (χ1v) is 4.67. The van der Waals surface area contributed by atoms with Crippen molar-refractivity contribution in [3.05, 3.63) is 23.8 Å². The second-order valence-electron chi connectivity index (χ2n) is 2.80. The summed E-state index contributed by atoms with van der Waals surface area (Å²) in [4.78, 5) is 3.95. The molecule has 78 valence electrons. The molecule has 15 heavy (non-hydrogen) atoms. The Balaban J connectivity index is 2.89. The number of benzene rings is 1. The first-order valence-electron chi connectivity index (χ1n) is 4.67. The quantitative estimate of drug-likeness (QED) is 0.599. The summed E-state index contributed by atoms with van der Waals surface area (Å²) >= 11 is 0. The van der Waals surface area contributed by atoms with Crippen LogP contribution in [0.15, 0.2) is 23.2 Å². The van der Waals surface area contributed by atoms with Gasteiger partial charge in [-0.1, -0.05) is 12.0 Å². The van der Waals surface area contributed by atoms with Gasteiger partial charge in [0.1, 0.15) is 0 Å². The van der Waals surface area contributed by atoms with Crippen molar-refractivity contribution in [2.75, 3.05) is 13.2 Å². The summed E-state index contributed by atoms with van der Waals surface area (Å²) in [5.41, 5.74) is 0.608. The predicted octanol–water partition coefficient (Wildman–Crippen LogP) is 1.84. The largest absolute Gasteiger partial charge is 0.504 e. The molecule has 0 saturated heterocycles. The number of nitrogens with zero attached hydrogens (tertiary/aromatic N) is 1. The zero-order valence-corrected chi connectivity index (χ0v) is 8.60. The van der Waals surface area contributed by atoms with Gasteiger partial charge < -0.3 is 9.84 Å². The Bertz CT molecular complexity index is 391. The number of rotatable bonds is 4. The molecule has 0 fully saturated rings. The smallest absolute Gasteiger partial charge is 0.166 e. The molecule has 3 heteroatoms. The van der Waals surface area contributed by atoms with E-state index in [1.54, 1.807) is 18.2 Å². The van der Waals surface area contributed by atoms with Gasteiger partial charge >= 0.3 is 0 Å². The average Bonchev–Trinajstić information content (AvgIpc) is 2.24. The molecular formula is C12H13NO2. The standard InChI is InChI=1S/C12H13NO2/c1-3-8-13-9-10-6-5-7-11(12(10)14)15-4-2/h1,5-7,9,14H,4,8H2,2H3. The van der Waals surface area contributed by atoms with Gasteiger partial charge in [0.15, 0.2) is 11.5 Å². The molecule has 0 radical (unpaired) electrons. The van der Waals surface area contributed by atoms with Crippen molar-refractivity contribution in [1.29, 1.82) is 0 Å². The Morgan fingerprint density at radius 2 is 2.40 bits per heavy atom. The summed E-state index contributed by atoms with van der Waals surface area (Å²) in [6.07, 6.45) is 6.60. The fraction of sp³-hybridized carbons (Fsp3) is 0.250. The Labute approximate surface area is 89.4 Å². The van der Waals surface area contributed by atoms with Crippen LogP contribution in [-0.2, 0) is 0 Å². The van der Waals surface area contributed by atoms with Crippen LogP contribution in [0.1, 0.15) is 12.5 Å². The summed E-state index contributed by atoms with van der Waals surface area (Å²) in [6.45, 7) is 2.68. The van der Waals surface area contributed by atoms with E-state index < -0.39 is 0 Å². The SMILES string of the molecule is C#CCN=Cc1cccc(OCC)c1O. The molecule has 3 nitrogen and oxygen atoms in total. The maximum atomic E-state index is 9.75. The fourth-order valence-electron chi connectivity index (χ4n) is 1.11. The monoisotopic (exact) mass is 203 g/mol. The first-order chi connectivity index (χ1) is 7.29. The number of terminal acetylenes is 1. The van der Waals surface area contributed by atoms with Crippen molar-refractivity contribution in [3.8, 4) is 23.8 Å². The molecule has 0 spiro atoms. The molecular weight excluding hydrogens is 190 g/mol. The maximum absolute atomic E-state index is 9.75. The molecule has 0 unspecified atom stereocenters. The van der Waals surface area contributed by atoms with E-state index in [2.05, 4.69) is 10.9 Å². The number of hydrogen-bond donors (Lipinski definition) is 1. The number of hydrogen-bond acceptors (Lipinski definition) is 3. The van der Waals surface area contributed by atoms with Crippen LogP contribution in [0.25, 0.3) is 0 Å². The lowest BCUT2D eigenvalue weighted by Gasteiger charge is -2.06. The van der Waals surface area contributed by atoms with Crippen molar-refractivity contribution < 1.29 is 9.84 Å². The Kier molecular flexibility index (Phi) is 4.24. The maximum Gasteiger partial charge on any atom is 0.166 e. The number of aromatic hydroxyl groups is 1. The van der Waals surface area contributed by atoms with E-state index in [0.717, 1.165) is 0 Å². The van der Waals surface area contributed by atoms with E-state index >= 15 is 0 Å². The highest BCUT2D eigenvalue weighted by molar-refractivity contribution is 5.84. The minimum atomic E-state index is 0.0973. The Morgan fingerprint density at radius 1 is 1.60 bits per heavy atom. The average molecular weight is 203 g/mol. The molecule has 1 rings (SSSR count). The number of aliphatic imine (C=N–C) groups is 1. The van der Waals surface area contributed by atoms with Crippen LogP contribution >= 0.6 is 0 Å². The second-order valence-corrected chi connectivity index (χ2v) is 2.80. The van der Waals surface area contributed by atoms with Crippen molar-refractivity contribution in [3.63, 3.8) is 0 Å². The van der Waals surface area contributed by atoms with E-state index in [1.807, 2.05) is 6.92 Å². The van der Waals surface area contributed by atoms with Crippen molar-refractivity contribution in [1.82, 2.24) is 0 Å². The van der Waals surface area contributed by atoms with Gasteiger partial charge in [-0.25, -0.2) is 0 Å². The van der Waals surface area contributed by atoms with E-state index in [9.17, 15) is 5.11 Å². The molecule has 0 aliphatic heterocycles. The highest BCUT2D eigenvalue weighted by atomic mass is 16.5. The molecule has 0 aliphatic carbocycles. The summed E-state index contributed by atoms with van der Waals surface area (Å²) in [7, 11) is 0. The van der Waals surface area contributed by atoms with Crippen molar-refractivity contribution >= 4 is 6.21 Å². The van der Waals surface area contributed by atoms with E-state index in [1.165, 1.54) is 6.21 Å². The van der Waals surface area contributed by atoms with Gasteiger partial charge in [0.05, 0.1) is 13.2 Å². The molecule has 0 atom stereocenters. The zero-order valence-electron chi connectivity index (χ0n) is 8.60. The number of ether oxygens (including phenoxy) is 1. The van der Waals surface area contributed by atoms with Gasteiger partial charge in [-0.05, 0) is 19.1 Å². The zero-order chi connectivity index (χ0) is 11.1. The summed E-state index contributed by atoms with van der Waals surface area (Å²) < 4.78 is 5.23. The lowest BCUT2D eigenvalue weighted by Crippen LogP contribution is -1.93. The topological polar surface area (TPSA) is 41.8 Å². The minimum Gasteiger partial charge on any atom is -0.504 e. The third-order valence-electron chi connectivity index (χ3n) is 1.74. The molecule has 1 N–H and O–H groups in total. The lowest BCUT2D eigenvalue weighted by molar-refractivity contribution is 0.318. The predicted molar refractivity (Wildman–Crippen MR) is 60.6 cm³/mol. The van der Waals surface area contributed by atoms with Crippen molar-refractivity contribution in [2.24, 2.45) is 4.99 Å². The van der Waals surface area contributed by atoms with E-state index in [0.29, 0.717) is 24.5 Å². The van der Waals surface area contributed by atoms with Gasteiger partial charge in [-0.3, -0.25) is 4.99 Å². The minimum absolute atomic E-state index is 0.0973. The summed E-state index contributed by atoms with van der Waals surface area (Å²) in [6, 6.07) is 5.25. The van der Waals surface area contributed by atoms with E-state index in [4.69, 9.17) is 11.2 Å². The van der Waals surface area contributed by atoms with Crippen LogP contribution in [0.5, 0.6) is 11.5 Å². The molecule has 0 bridgehead atoms. The summed E-state index contributed by atoms with van der Waals surface area (Å²) in [5.74, 6) is 2.94. The Hall–Kier alpha value is -1.95. The van der Waals surface area contributed by atoms with Crippen LogP contribution in [0.4, 0.5) is 0 Å². The normalized spacial score (nSPS) is 10.1. The fourth-order valence-corrected chi connectivity index (χ4v) is 1.11. The molecule has 1 aromatic carbocycles. The lowest BCUT2D eigenvalue weighted by atomic mass is 10.2. The van der Waals surface area contributed by atoms with Crippen LogP contribution in [0.2, 0.25) is 0 Å². The van der Waals surface area contributed by atoms with E-state index in [-0.39, 0.29) is 5.75 Å². The van der Waals surface area contributed by atoms with Gasteiger partial charge in [-0.15, -0.1) is 6.42 Å².